The summed E-state index contributed by atoms with van der Waals surface area (Å²) in [6.07, 6.45) is 8.20. The van der Waals surface area contributed by atoms with Crippen LogP contribution < -0.4 is 18.6 Å². The number of hydrogen-bond donors (Lipinski definition) is 0. The van der Waals surface area contributed by atoms with E-state index < -0.39 is 0 Å². The number of pyridine rings is 2. The van der Waals surface area contributed by atoms with Gasteiger partial charge >= 0.3 is 0 Å². The Morgan fingerprint density at radius 1 is 0.327 bits per heavy atom. The third kappa shape index (κ3) is 14.3. The molecule has 4 aromatic carbocycles. The molecule has 0 atom stereocenters. The molecule has 0 radical (unpaired) electrons. The van der Waals surface area contributed by atoms with Crippen molar-refractivity contribution in [1.29, 1.82) is 0 Å². The van der Waals surface area contributed by atoms with Gasteiger partial charge in [0.2, 0.25) is 0 Å². The third-order valence-electron chi connectivity index (χ3n) is 8.13. The molecule has 0 aliphatic heterocycles. The average Bonchev–Trinajstić information content (AvgIpc) is 3.23. The highest BCUT2D eigenvalue weighted by Gasteiger charge is 2.04. The Bertz CT molecular complexity index is 1860. The summed E-state index contributed by atoms with van der Waals surface area (Å²) in [6, 6.07) is 43.3. The molecular formula is C44H46N6O5+2. The molecule has 11 nitrogen and oxygen atoms in total. The van der Waals surface area contributed by atoms with E-state index in [4.69, 9.17) is 23.7 Å². The van der Waals surface area contributed by atoms with Crippen molar-refractivity contribution < 1.29 is 32.8 Å². The lowest BCUT2D eigenvalue weighted by molar-refractivity contribution is -0.688. The van der Waals surface area contributed by atoms with E-state index in [1.807, 2.05) is 134 Å². The molecule has 0 bridgehead atoms. The number of benzene rings is 4. The lowest BCUT2D eigenvalue weighted by Crippen LogP contribution is -2.32. The summed E-state index contributed by atoms with van der Waals surface area (Å²) >= 11 is 0. The minimum Gasteiger partial charge on any atom is -0.491 e. The Balaban J connectivity index is 0.743. The molecule has 2 aromatic heterocycles. The monoisotopic (exact) mass is 738 g/mol. The molecule has 0 saturated carbocycles. The SMILES string of the molecule is c1cc[n+](Cc2ccc(N=Nc3ccc(OCCOCCOCCOCCOc4ccc(N=Nc5ccc(C[n+]6ccccc6)cc5)cc4)cc3)cc2)cc1. The van der Waals surface area contributed by atoms with Crippen LogP contribution in [0.5, 0.6) is 11.5 Å². The first-order valence-corrected chi connectivity index (χ1v) is 18.3. The van der Waals surface area contributed by atoms with Gasteiger partial charge in [0, 0.05) is 35.4 Å². The van der Waals surface area contributed by atoms with E-state index in [-0.39, 0.29) is 0 Å². The molecule has 2 heterocycles. The summed E-state index contributed by atoms with van der Waals surface area (Å²) in [6.45, 7) is 5.35. The zero-order chi connectivity index (χ0) is 37.6. The smallest absolute Gasteiger partial charge is 0.173 e. The van der Waals surface area contributed by atoms with Crippen molar-refractivity contribution in [3.8, 4) is 11.5 Å². The van der Waals surface area contributed by atoms with Crippen LogP contribution in [0.25, 0.3) is 0 Å². The third-order valence-corrected chi connectivity index (χ3v) is 8.13. The molecule has 0 amide bonds. The molecule has 280 valence electrons. The summed E-state index contributed by atoms with van der Waals surface area (Å²) in [4.78, 5) is 0. The Labute approximate surface area is 322 Å². The van der Waals surface area contributed by atoms with Crippen molar-refractivity contribution in [3.05, 3.63) is 169 Å². The van der Waals surface area contributed by atoms with Gasteiger partial charge in [0.05, 0.1) is 62.4 Å². The van der Waals surface area contributed by atoms with Crippen molar-refractivity contribution >= 4 is 22.7 Å². The van der Waals surface area contributed by atoms with Gasteiger partial charge in [-0.3, -0.25) is 0 Å². The Morgan fingerprint density at radius 2 is 0.618 bits per heavy atom. The Hall–Kier alpha value is -6.14. The summed E-state index contributed by atoms with van der Waals surface area (Å²) < 4.78 is 32.6. The maximum atomic E-state index is 5.77. The topological polar surface area (TPSA) is 103 Å². The second kappa shape index (κ2) is 22.2. The second-order valence-electron chi connectivity index (χ2n) is 12.4. The van der Waals surface area contributed by atoms with E-state index >= 15 is 0 Å². The maximum absolute atomic E-state index is 5.77. The van der Waals surface area contributed by atoms with Crippen LogP contribution in [0, 0.1) is 0 Å². The first-order chi connectivity index (χ1) is 27.2. The van der Waals surface area contributed by atoms with Crippen molar-refractivity contribution in [3.63, 3.8) is 0 Å². The normalized spacial score (nSPS) is 11.3. The molecular weight excluding hydrogens is 693 g/mol. The quantitative estimate of drug-likeness (QED) is 0.0394. The first kappa shape index (κ1) is 38.6. The van der Waals surface area contributed by atoms with E-state index in [1.54, 1.807) is 0 Å². The van der Waals surface area contributed by atoms with Gasteiger partial charge in [0.1, 0.15) is 24.7 Å². The first-order valence-electron chi connectivity index (χ1n) is 18.3. The van der Waals surface area contributed by atoms with Crippen LogP contribution >= 0.6 is 0 Å². The van der Waals surface area contributed by atoms with Gasteiger partial charge in [-0.2, -0.15) is 20.5 Å². The van der Waals surface area contributed by atoms with Gasteiger partial charge in [-0.15, -0.1) is 0 Å². The zero-order valence-corrected chi connectivity index (χ0v) is 30.8. The van der Waals surface area contributed by atoms with Crippen molar-refractivity contribution in [2.24, 2.45) is 20.5 Å². The van der Waals surface area contributed by atoms with E-state index in [1.165, 1.54) is 11.1 Å². The van der Waals surface area contributed by atoms with Crippen LogP contribution in [0.1, 0.15) is 11.1 Å². The highest BCUT2D eigenvalue weighted by Crippen LogP contribution is 2.23. The molecule has 0 aliphatic rings. The summed E-state index contributed by atoms with van der Waals surface area (Å²) in [5.74, 6) is 1.50. The zero-order valence-electron chi connectivity index (χ0n) is 30.8. The fraction of sp³-hybridized carbons (Fsp3) is 0.227. The highest BCUT2D eigenvalue weighted by molar-refractivity contribution is 5.44. The largest absolute Gasteiger partial charge is 0.491 e. The van der Waals surface area contributed by atoms with Crippen LogP contribution in [0.15, 0.2) is 179 Å². The van der Waals surface area contributed by atoms with Crippen LogP contribution in [-0.4, -0.2) is 52.9 Å². The summed E-state index contributed by atoms with van der Waals surface area (Å²) in [7, 11) is 0. The minimum atomic E-state index is 0.439. The number of nitrogens with zero attached hydrogens (tertiary/aromatic N) is 6. The van der Waals surface area contributed by atoms with Crippen molar-refractivity contribution in [2.45, 2.75) is 13.1 Å². The van der Waals surface area contributed by atoms with Crippen molar-refractivity contribution in [1.82, 2.24) is 0 Å². The van der Waals surface area contributed by atoms with Crippen LogP contribution in [0.4, 0.5) is 22.7 Å². The number of hydrogen-bond acceptors (Lipinski definition) is 9. The molecule has 55 heavy (non-hydrogen) atoms. The predicted octanol–water partition coefficient (Wildman–Crippen LogP) is 8.70. The lowest BCUT2D eigenvalue weighted by atomic mass is 10.2. The fourth-order valence-electron chi connectivity index (χ4n) is 5.26. The number of azo groups is 2. The average molecular weight is 739 g/mol. The Morgan fingerprint density at radius 3 is 0.945 bits per heavy atom. The fourth-order valence-corrected chi connectivity index (χ4v) is 5.26. The van der Waals surface area contributed by atoms with Gasteiger partial charge in [-0.1, -0.05) is 36.4 Å². The van der Waals surface area contributed by atoms with Crippen LogP contribution in [-0.2, 0) is 27.3 Å². The van der Waals surface area contributed by atoms with E-state index in [2.05, 4.69) is 53.9 Å². The molecule has 0 saturated heterocycles. The predicted molar refractivity (Wildman–Crippen MR) is 209 cm³/mol. The van der Waals surface area contributed by atoms with Crippen molar-refractivity contribution in [2.75, 3.05) is 52.9 Å². The number of aromatic nitrogens is 2. The van der Waals surface area contributed by atoms with Crippen LogP contribution in [0.2, 0.25) is 0 Å². The lowest BCUT2D eigenvalue weighted by Gasteiger charge is -2.09. The summed E-state index contributed by atoms with van der Waals surface area (Å²) in [5.41, 5.74) is 5.52. The van der Waals surface area contributed by atoms with Gasteiger partial charge < -0.3 is 23.7 Å². The van der Waals surface area contributed by atoms with Gasteiger partial charge in [-0.25, -0.2) is 9.13 Å². The molecule has 6 rings (SSSR count). The van der Waals surface area contributed by atoms with Gasteiger partial charge in [-0.05, 0) is 72.8 Å². The number of rotatable bonds is 22. The molecule has 11 heteroatoms. The number of ether oxygens (including phenoxy) is 5. The minimum absolute atomic E-state index is 0.439. The maximum Gasteiger partial charge on any atom is 0.173 e. The van der Waals surface area contributed by atoms with Gasteiger partial charge in [0.15, 0.2) is 37.9 Å². The molecule has 0 N–H and O–H groups in total. The van der Waals surface area contributed by atoms with E-state index in [9.17, 15) is 0 Å². The molecule has 0 aliphatic carbocycles. The highest BCUT2D eigenvalue weighted by atomic mass is 16.6. The van der Waals surface area contributed by atoms with E-state index in [0.717, 1.165) is 47.3 Å². The summed E-state index contributed by atoms with van der Waals surface area (Å²) in [5, 5.41) is 17.4. The van der Waals surface area contributed by atoms with Crippen LogP contribution in [0.3, 0.4) is 0 Å². The molecule has 6 aromatic rings. The molecule has 0 unspecified atom stereocenters. The second-order valence-corrected chi connectivity index (χ2v) is 12.4. The molecule has 0 fully saturated rings. The molecule has 0 spiro atoms. The van der Waals surface area contributed by atoms with Gasteiger partial charge in [0.25, 0.3) is 0 Å². The standard InChI is InChI=1S/C44H46N6O5/c1-3-23-49(24-4-1)35-37-7-11-39(12-8-37)45-47-41-15-19-43(20-16-41)54-33-31-52-29-27-51-28-30-53-32-34-55-44-21-17-42(18-22-44)48-46-40-13-9-38(10-14-40)36-50-25-5-2-6-26-50/h1-26H,27-36H2/q+2. The van der Waals surface area contributed by atoms with E-state index in [0.29, 0.717) is 52.9 Å². The Kier molecular flexibility index (Phi) is 15.5.